The monoisotopic (exact) mass is 462 g/mol. The first-order valence-electron chi connectivity index (χ1n) is 13.1. The fourth-order valence-corrected chi connectivity index (χ4v) is 7.12. The van der Waals surface area contributed by atoms with Crippen molar-refractivity contribution in [2.45, 2.75) is 37.5 Å². The predicted octanol–water partition coefficient (Wildman–Crippen LogP) is 8.47. The van der Waals surface area contributed by atoms with Crippen LogP contribution in [0.2, 0.25) is 0 Å². The molecule has 0 saturated heterocycles. The van der Waals surface area contributed by atoms with Gasteiger partial charge in [0.2, 0.25) is 0 Å². The second-order valence-corrected chi connectivity index (χ2v) is 10.8. The Labute approximate surface area is 214 Å². The fourth-order valence-electron chi connectivity index (χ4n) is 7.12. The molecule has 0 atom stereocenters. The standard InChI is InChI=1S/C36H30/c1-35(2)29-18-8-10-20-31(29)36(32-21-11-9-19-30(32)35)28-17-7-6-16-27(28)34-26(15-12-22-33(34)36)24-23-25-13-4-3-5-14-25/h3-22H,23-24H2,1-2H3. The Morgan fingerprint density at radius 3 is 1.64 bits per heavy atom. The predicted molar refractivity (Wildman–Crippen MR) is 150 cm³/mol. The second kappa shape index (κ2) is 7.80. The summed E-state index contributed by atoms with van der Waals surface area (Å²) in [4.78, 5) is 0. The SMILES string of the molecule is CC1(C)c2ccccc2C2(c3ccccc3-c3c(CCc4ccccc4)cccc32)c2ccccc21. The van der Waals surface area contributed by atoms with Crippen molar-refractivity contribution in [3.8, 4) is 11.1 Å². The Kier molecular flexibility index (Phi) is 4.63. The smallest absolute Gasteiger partial charge is 0.0622 e. The third-order valence-electron chi connectivity index (χ3n) is 8.69. The molecule has 2 aliphatic rings. The number of aryl methyl sites for hydroxylation is 2. The lowest BCUT2D eigenvalue weighted by Gasteiger charge is -2.46. The average Bonchev–Trinajstić information content (AvgIpc) is 3.23. The van der Waals surface area contributed by atoms with Gasteiger partial charge < -0.3 is 0 Å². The van der Waals surface area contributed by atoms with Gasteiger partial charge in [-0.25, -0.2) is 0 Å². The highest BCUT2D eigenvalue weighted by Crippen LogP contribution is 2.62. The highest BCUT2D eigenvalue weighted by atomic mass is 14.5. The number of fused-ring (bicyclic) bond motifs is 9. The van der Waals surface area contributed by atoms with E-state index in [0.29, 0.717) is 0 Å². The zero-order valence-electron chi connectivity index (χ0n) is 21.0. The Bertz CT molecular complexity index is 1550. The molecule has 0 heteroatoms. The van der Waals surface area contributed by atoms with Gasteiger partial charge in [-0.3, -0.25) is 0 Å². The molecule has 0 aromatic heterocycles. The van der Waals surface area contributed by atoms with E-state index in [1.54, 1.807) is 0 Å². The van der Waals surface area contributed by atoms with Gasteiger partial charge in [0, 0.05) is 5.41 Å². The summed E-state index contributed by atoms with van der Waals surface area (Å²) in [7, 11) is 0. The number of benzene rings is 5. The van der Waals surface area contributed by atoms with Gasteiger partial charge in [0.15, 0.2) is 0 Å². The van der Waals surface area contributed by atoms with Crippen LogP contribution in [0.25, 0.3) is 11.1 Å². The summed E-state index contributed by atoms with van der Waals surface area (Å²) in [5.74, 6) is 0. The number of hydrogen-bond donors (Lipinski definition) is 0. The molecule has 5 aromatic carbocycles. The molecular weight excluding hydrogens is 432 g/mol. The van der Waals surface area contributed by atoms with Crippen molar-refractivity contribution in [3.05, 3.63) is 166 Å². The molecular formula is C36H30. The van der Waals surface area contributed by atoms with Crippen LogP contribution < -0.4 is 0 Å². The van der Waals surface area contributed by atoms with Crippen molar-refractivity contribution in [1.29, 1.82) is 0 Å². The van der Waals surface area contributed by atoms with Gasteiger partial charge in [-0.15, -0.1) is 0 Å². The maximum atomic E-state index is 2.40. The van der Waals surface area contributed by atoms with E-state index in [-0.39, 0.29) is 10.8 Å². The summed E-state index contributed by atoms with van der Waals surface area (Å²) in [6.45, 7) is 4.77. The molecule has 174 valence electrons. The highest BCUT2D eigenvalue weighted by Gasteiger charge is 2.53. The first kappa shape index (κ1) is 21.4. The normalized spacial score (nSPS) is 15.6. The fraction of sp³-hybridized carbons (Fsp3) is 0.167. The lowest BCUT2D eigenvalue weighted by Crippen LogP contribution is -2.40. The molecule has 2 aliphatic carbocycles. The van der Waals surface area contributed by atoms with Crippen molar-refractivity contribution < 1.29 is 0 Å². The van der Waals surface area contributed by atoms with E-state index in [4.69, 9.17) is 0 Å². The Morgan fingerprint density at radius 1 is 0.444 bits per heavy atom. The summed E-state index contributed by atoms with van der Waals surface area (Å²) in [6, 6.07) is 45.4. The highest BCUT2D eigenvalue weighted by molar-refractivity contribution is 5.90. The lowest BCUT2D eigenvalue weighted by molar-refractivity contribution is 0.563. The van der Waals surface area contributed by atoms with Crippen LogP contribution in [0.3, 0.4) is 0 Å². The van der Waals surface area contributed by atoms with Crippen LogP contribution in [-0.2, 0) is 23.7 Å². The topological polar surface area (TPSA) is 0 Å². The zero-order chi connectivity index (χ0) is 24.3. The van der Waals surface area contributed by atoms with E-state index in [1.807, 2.05) is 0 Å². The molecule has 0 bridgehead atoms. The third kappa shape index (κ3) is 2.76. The quantitative estimate of drug-likeness (QED) is 0.247. The minimum Gasteiger partial charge on any atom is -0.0622 e. The van der Waals surface area contributed by atoms with Gasteiger partial charge in [-0.2, -0.15) is 0 Å². The molecule has 1 spiro atoms. The van der Waals surface area contributed by atoms with Crippen LogP contribution in [0.1, 0.15) is 58.4 Å². The van der Waals surface area contributed by atoms with Crippen LogP contribution in [0.5, 0.6) is 0 Å². The molecule has 0 radical (unpaired) electrons. The molecule has 0 unspecified atom stereocenters. The first-order valence-corrected chi connectivity index (χ1v) is 13.1. The van der Waals surface area contributed by atoms with Crippen LogP contribution in [-0.4, -0.2) is 0 Å². The third-order valence-corrected chi connectivity index (χ3v) is 8.69. The van der Waals surface area contributed by atoms with E-state index in [0.717, 1.165) is 12.8 Å². The molecule has 0 fully saturated rings. The minimum absolute atomic E-state index is 0.0545. The summed E-state index contributed by atoms with van der Waals surface area (Å²) in [5, 5.41) is 0. The van der Waals surface area contributed by atoms with Gasteiger partial charge in [-0.05, 0) is 68.5 Å². The van der Waals surface area contributed by atoms with E-state index < -0.39 is 0 Å². The van der Waals surface area contributed by atoms with Crippen LogP contribution in [0.4, 0.5) is 0 Å². The second-order valence-electron chi connectivity index (χ2n) is 10.8. The molecule has 0 N–H and O–H groups in total. The summed E-state index contributed by atoms with van der Waals surface area (Å²) >= 11 is 0. The van der Waals surface area contributed by atoms with Gasteiger partial charge >= 0.3 is 0 Å². The Hall–Kier alpha value is -3.90. The van der Waals surface area contributed by atoms with E-state index in [1.165, 1.54) is 55.6 Å². The van der Waals surface area contributed by atoms with Crippen LogP contribution in [0.15, 0.2) is 121 Å². The summed E-state index contributed by atoms with van der Waals surface area (Å²) < 4.78 is 0. The van der Waals surface area contributed by atoms with Gasteiger partial charge in [0.25, 0.3) is 0 Å². The molecule has 0 saturated carbocycles. The van der Waals surface area contributed by atoms with Crippen LogP contribution >= 0.6 is 0 Å². The molecule has 7 rings (SSSR count). The van der Waals surface area contributed by atoms with Crippen molar-refractivity contribution in [2.75, 3.05) is 0 Å². The molecule has 0 amide bonds. The lowest BCUT2D eigenvalue weighted by atomic mass is 9.55. The van der Waals surface area contributed by atoms with Gasteiger partial charge in [-0.1, -0.05) is 135 Å². The van der Waals surface area contributed by atoms with E-state index in [9.17, 15) is 0 Å². The van der Waals surface area contributed by atoms with Gasteiger partial charge in [0.1, 0.15) is 0 Å². The van der Waals surface area contributed by atoms with Gasteiger partial charge in [0.05, 0.1) is 5.41 Å². The largest absolute Gasteiger partial charge is 0.0719 e. The van der Waals surface area contributed by atoms with E-state index >= 15 is 0 Å². The van der Waals surface area contributed by atoms with Crippen molar-refractivity contribution in [1.82, 2.24) is 0 Å². The zero-order valence-corrected chi connectivity index (χ0v) is 21.0. The maximum absolute atomic E-state index is 2.40. The van der Waals surface area contributed by atoms with Crippen molar-refractivity contribution >= 4 is 0 Å². The maximum Gasteiger partial charge on any atom is 0.0719 e. The summed E-state index contributed by atoms with van der Waals surface area (Å²) in [5.41, 5.74) is 13.9. The number of rotatable bonds is 3. The molecule has 36 heavy (non-hydrogen) atoms. The average molecular weight is 463 g/mol. The minimum atomic E-state index is -0.294. The van der Waals surface area contributed by atoms with Crippen LogP contribution in [0, 0.1) is 0 Å². The molecule has 5 aromatic rings. The molecule has 0 nitrogen and oxygen atoms in total. The summed E-state index contributed by atoms with van der Waals surface area (Å²) in [6.07, 6.45) is 2.08. The first-order chi connectivity index (χ1) is 17.6. The molecule has 0 aliphatic heterocycles. The Balaban J connectivity index is 1.54. The van der Waals surface area contributed by atoms with Crippen molar-refractivity contribution in [3.63, 3.8) is 0 Å². The number of hydrogen-bond acceptors (Lipinski definition) is 0. The van der Waals surface area contributed by atoms with Crippen molar-refractivity contribution in [2.24, 2.45) is 0 Å². The van der Waals surface area contributed by atoms with E-state index in [2.05, 4.69) is 135 Å². The Morgan fingerprint density at radius 2 is 0.972 bits per heavy atom. The molecule has 0 heterocycles.